The lowest BCUT2D eigenvalue weighted by Gasteiger charge is -2.27. The number of nitrogens with one attached hydrogen (secondary N) is 3. The van der Waals surface area contributed by atoms with Gasteiger partial charge in [0.2, 0.25) is 17.7 Å². The summed E-state index contributed by atoms with van der Waals surface area (Å²) in [6.45, 7) is 3.45. The minimum atomic E-state index is -1.29. The molecule has 3 amide bonds. The minimum Gasteiger partial charge on any atom is -0.481 e. The maximum Gasteiger partial charge on any atom is 0.326 e. The highest BCUT2D eigenvalue weighted by molar-refractivity contribution is 5.94. The van der Waals surface area contributed by atoms with Crippen molar-refractivity contribution in [1.82, 2.24) is 16.0 Å². The maximum absolute atomic E-state index is 13.1. The van der Waals surface area contributed by atoms with Crippen LogP contribution < -0.4 is 33.2 Å². The number of aliphatic imine (C=N–C) groups is 1. The number of nitrogens with zero attached hydrogens (tertiary/aromatic N) is 1. The Morgan fingerprint density at radius 3 is 2.03 bits per heavy atom. The average Bonchev–Trinajstić information content (AvgIpc) is 2.86. The van der Waals surface area contributed by atoms with Crippen LogP contribution in [0.25, 0.3) is 0 Å². The number of nitrogens with two attached hydrogens (primary N) is 3. The van der Waals surface area contributed by atoms with Crippen LogP contribution in [-0.4, -0.2) is 76.5 Å². The standard InChI is InChI=1S/C25H39N7O7/c1-14(2)20(23(37)31-18(24(38)39)9-6-12-29-25(27)28)32-22(36)17(10-11-19(33)34)30-21(35)16(26)13-15-7-4-3-5-8-15/h3-5,7-8,14,16-18,20H,6,9-13,26H2,1-2H3,(H,30,35)(H,31,37)(H,32,36)(H,33,34)(H,38,39)(H4,27,28,29). The molecule has 0 aliphatic heterocycles. The third-order valence-electron chi connectivity index (χ3n) is 5.72. The fourth-order valence-corrected chi connectivity index (χ4v) is 3.59. The predicted molar refractivity (Wildman–Crippen MR) is 143 cm³/mol. The molecule has 0 fully saturated rings. The molecule has 0 spiro atoms. The smallest absolute Gasteiger partial charge is 0.326 e. The van der Waals surface area contributed by atoms with Gasteiger partial charge >= 0.3 is 11.9 Å². The van der Waals surface area contributed by atoms with Crippen LogP contribution in [0.15, 0.2) is 35.3 Å². The Hall–Kier alpha value is -4.20. The van der Waals surface area contributed by atoms with Crippen molar-refractivity contribution in [2.75, 3.05) is 6.54 Å². The van der Waals surface area contributed by atoms with E-state index in [2.05, 4.69) is 20.9 Å². The summed E-state index contributed by atoms with van der Waals surface area (Å²) in [4.78, 5) is 65.3. The Balaban J connectivity index is 2.92. The van der Waals surface area contributed by atoms with Crippen LogP contribution in [0.3, 0.4) is 0 Å². The molecule has 0 aliphatic rings. The zero-order chi connectivity index (χ0) is 29.5. The minimum absolute atomic E-state index is 0.0349. The van der Waals surface area contributed by atoms with Crippen LogP contribution in [0.5, 0.6) is 0 Å². The molecule has 0 saturated heterocycles. The van der Waals surface area contributed by atoms with Gasteiger partial charge in [0.25, 0.3) is 0 Å². The van der Waals surface area contributed by atoms with Crippen LogP contribution in [0.4, 0.5) is 0 Å². The van der Waals surface area contributed by atoms with Crippen molar-refractivity contribution in [1.29, 1.82) is 0 Å². The first-order chi connectivity index (χ1) is 18.3. The molecule has 0 radical (unpaired) electrons. The molecular weight excluding hydrogens is 510 g/mol. The van der Waals surface area contributed by atoms with E-state index in [1.54, 1.807) is 38.1 Å². The topological polar surface area (TPSA) is 252 Å². The Morgan fingerprint density at radius 2 is 1.49 bits per heavy atom. The molecule has 216 valence electrons. The molecule has 1 aromatic carbocycles. The lowest BCUT2D eigenvalue weighted by molar-refractivity contribution is -0.142. The number of carboxylic acids is 2. The van der Waals surface area contributed by atoms with Crippen LogP contribution in [0.2, 0.25) is 0 Å². The number of amides is 3. The number of carbonyl (C=O) groups is 5. The Kier molecular flexibility index (Phi) is 14.0. The summed E-state index contributed by atoms with van der Waals surface area (Å²) in [5.41, 5.74) is 17.3. The van der Waals surface area contributed by atoms with Crippen molar-refractivity contribution in [3.63, 3.8) is 0 Å². The molecule has 11 N–H and O–H groups in total. The van der Waals surface area contributed by atoms with Gasteiger partial charge in [-0.2, -0.15) is 0 Å². The summed E-state index contributed by atoms with van der Waals surface area (Å²) in [6.07, 6.45) is -0.175. The molecule has 0 aliphatic carbocycles. The summed E-state index contributed by atoms with van der Waals surface area (Å²) >= 11 is 0. The monoisotopic (exact) mass is 549 g/mol. The highest BCUT2D eigenvalue weighted by Gasteiger charge is 2.32. The largest absolute Gasteiger partial charge is 0.481 e. The lowest BCUT2D eigenvalue weighted by Crippen LogP contribution is -2.58. The van der Waals surface area contributed by atoms with Gasteiger partial charge in [0.1, 0.15) is 18.1 Å². The van der Waals surface area contributed by atoms with Crippen LogP contribution in [0.1, 0.15) is 45.1 Å². The van der Waals surface area contributed by atoms with Crippen molar-refractivity contribution in [3.8, 4) is 0 Å². The van der Waals surface area contributed by atoms with Crippen LogP contribution in [0, 0.1) is 5.92 Å². The van der Waals surface area contributed by atoms with E-state index in [9.17, 15) is 29.1 Å². The van der Waals surface area contributed by atoms with Gasteiger partial charge in [-0.1, -0.05) is 44.2 Å². The molecule has 0 saturated carbocycles. The van der Waals surface area contributed by atoms with Crippen molar-refractivity contribution in [3.05, 3.63) is 35.9 Å². The maximum atomic E-state index is 13.1. The number of carbonyl (C=O) groups excluding carboxylic acids is 3. The first kappa shape index (κ1) is 32.8. The van der Waals surface area contributed by atoms with Crippen molar-refractivity contribution in [2.24, 2.45) is 28.1 Å². The van der Waals surface area contributed by atoms with Crippen molar-refractivity contribution in [2.45, 2.75) is 70.1 Å². The number of guanidine groups is 1. The molecule has 1 aromatic rings. The first-order valence-electron chi connectivity index (χ1n) is 12.5. The summed E-state index contributed by atoms with van der Waals surface area (Å²) in [7, 11) is 0. The van der Waals surface area contributed by atoms with E-state index in [4.69, 9.17) is 22.3 Å². The number of aliphatic carboxylic acids is 2. The highest BCUT2D eigenvalue weighted by Crippen LogP contribution is 2.08. The second-order valence-corrected chi connectivity index (χ2v) is 9.37. The Bertz CT molecular complexity index is 1010. The zero-order valence-electron chi connectivity index (χ0n) is 22.1. The van der Waals surface area contributed by atoms with Gasteiger partial charge in [-0.3, -0.25) is 24.2 Å². The van der Waals surface area contributed by atoms with Gasteiger partial charge in [-0.15, -0.1) is 0 Å². The lowest BCUT2D eigenvalue weighted by atomic mass is 10.0. The molecule has 4 atom stereocenters. The fraction of sp³-hybridized carbons (Fsp3) is 0.520. The molecule has 0 aromatic heterocycles. The molecule has 14 heteroatoms. The Labute approximate surface area is 226 Å². The SMILES string of the molecule is CC(C)C(NC(=O)C(CCC(=O)O)NC(=O)C(N)Cc1ccccc1)C(=O)NC(CCCN=C(N)N)C(=O)O. The summed E-state index contributed by atoms with van der Waals surface area (Å²) in [5.74, 6) is -5.29. The van der Waals surface area contributed by atoms with Crippen LogP contribution >= 0.6 is 0 Å². The van der Waals surface area contributed by atoms with E-state index < -0.39 is 66.2 Å². The Morgan fingerprint density at radius 1 is 0.872 bits per heavy atom. The summed E-state index contributed by atoms with van der Waals surface area (Å²) < 4.78 is 0. The van der Waals surface area contributed by atoms with Crippen molar-refractivity contribution < 1.29 is 34.2 Å². The molecule has 0 heterocycles. The van der Waals surface area contributed by atoms with E-state index in [-0.39, 0.29) is 38.2 Å². The second kappa shape index (κ2) is 16.6. The molecule has 1 rings (SSSR count). The van der Waals surface area contributed by atoms with Gasteiger partial charge < -0.3 is 43.4 Å². The van der Waals surface area contributed by atoms with Gasteiger partial charge in [-0.25, -0.2) is 4.79 Å². The first-order valence-corrected chi connectivity index (χ1v) is 12.5. The molecule has 0 bridgehead atoms. The molecule has 4 unspecified atom stereocenters. The van der Waals surface area contributed by atoms with Gasteiger partial charge in [-0.05, 0) is 37.2 Å². The zero-order valence-corrected chi connectivity index (χ0v) is 22.1. The second-order valence-electron chi connectivity index (χ2n) is 9.37. The van der Waals surface area contributed by atoms with E-state index in [0.717, 1.165) is 5.56 Å². The van der Waals surface area contributed by atoms with E-state index in [1.807, 2.05) is 6.07 Å². The van der Waals surface area contributed by atoms with E-state index >= 15 is 0 Å². The van der Waals surface area contributed by atoms with Gasteiger partial charge in [0.05, 0.1) is 6.04 Å². The molecule has 14 nitrogen and oxygen atoms in total. The fourth-order valence-electron chi connectivity index (χ4n) is 3.59. The molecule has 39 heavy (non-hydrogen) atoms. The normalized spacial score (nSPS) is 13.8. The molecular formula is C25H39N7O7. The average molecular weight is 550 g/mol. The van der Waals surface area contributed by atoms with E-state index in [1.165, 1.54) is 0 Å². The number of rotatable bonds is 17. The third kappa shape index (κ3) is 12.7. The number of hydrogen-bond donors (Lipinski definition) is 8. The quantitative estimate of drug-likeness (QED) is 0.0645. The van der Waals surface area contributed by atoms with Crippen LogP contribution in [-0.2, 0) is 30.4 Å². The third-order valence-corrected chi connectivity index (χ3v) is 5.72. The predicted octanol–water partition coefficient (Wildman–Crippen LogP) is -1.33. The highest BCUT2D eigenvalue weighted by atomic mass is 16.4. The number of benzene rings is 1. The van der Waals surface area contributed by atoms with E-state index in [0.29, 0.717) is 0 Å². The summed E-state index contributed by atoms with van der Waals surface area (Å²) in [5, 5.41) is 26.0. The summed E-state index contributed by atoms with van der Waals surface area (Å²) in [6, 6.07) is 4.25. The number of carboxylic acid groups (broad SMARTS) is 2. The van der Waals surface area contributed by atoms with Gasteiger partial charge in [0, 0.05) is 13.0 Å². The van der Waals surface area contributed by atoms with Crippen molar-refractivity contribution >= 4 is 35.6 Å². The van der Waals surface area contributed by atoms with Gasteiger partial charge in [0.15, 0.2) is 5.96 Å². The number of hydrogen-bond acceptors (Lipinski definition) is 7.